The van der Waals surface area contributed by atoms with Crippen molar-refractivity contribution in [2.24, 2.45) is 0 Å². The van der Waals surface area contributed by atoms with E-state index in [0.29, 0.717) is 35.4 Å². The third-order valence-electron chi connectivity index (χ3n) is 6.02. The minimum absolute atomic E-state index is 0.0155. The maximum Gasteiger partial charge on any atom is 0.352 e. The molecule has 4 aromatic rings. The van der Waals surface area contributed by atoms with Crippen LogP contribution in [0.2, 0.25) is 0 Å². The van der Waals surface area contributed by atoms with Crippen LogP contribution in [0, 0.1) is 0 Å². The number of hydrogen-bond donors (Lipinski definition) is 2. The van der Waals surface area contributed by atoms with Crippen molar-refractivity contribution in [3.05, 3.63) is 101 Å². The molecule has 1 heterocycles. The standard InChI is InChI=1S/C29H30N2O4/c1-29(2,3)31(17-20-10-6-4-7-11-20)18-25(32)22-14-15-26(35-19-21-12-8-5-9-13-21)27-23(22)16-24(30-27)28(33)34/h4-16,30H,17-19H2,1-3H3,(H,33,34). The Bertz CT molecular complexity index is 1320. The van der Waals surface area contributed by atoms with Gasteiger partial charge in [0, 0.05) is 23.0 Å². The molecule has 0 saturated heterocycles. The summed E-state index contributed by atoms with van der Waals surface area (Å²) in [7, 11) is 0. The fraction of sp³-hybridized carbons (Fsp3) is 0.241. The maximum atomic E-state index is 13.5. The lowest BCUT2D eigenvalue weighted by Crippen LogP contribution is -2.43. The molecule has 2 N–H and O–H groups in total. The Morgan fingerprint density at radius 2 is 1.54 bits per heavy atom. The minimum Gasteiger partial charge on any atom is -0.487 e. The largest absolute Gasteiger partial charge is 0.487 e. The Balaban J connectivity index is 1.64. The van der Waals surface area contributed by atoms with Crippen LogP contribution in [0.5, 0.6) is 5.75 Å². The van der Waals surface area contributed by atoms with Crippen LogP contribution < -0.4 is 4.74 Å². The van der Waals surface area contributed by atoms with Crippen LogP contribution >= 0.6 is 0 Å². The fourth-order valence-corrected chi connectivity index (χ4v) is 4.00. The molecule has 0 aliphatic rings. The molecule has 6 nitrogen and oxygen atoms in total. The van der Waals surface area contributed by atoms with Crippen LogP contribution in [0.25, 0.3) is 10.9 Å². The number of H-pyrrole nitrogens is 1. The van der Waals surface area contributed by atoms with E-state index in [4.69, 9.17) is 4.74 Å². The van der Waals surface area contributed by atoms with E-state index in [2.05, 4.69) is 30.7 Å². The van der Waals surface area contributed by atoms with E-state index in [1.807, 2.05) is 60.7 Å². The Labute approximate surface area is 205 Å². The van der Waals surface area contributed by atoms with Crippen LogP contribution in [0.4, 0.5) is 0 Å². The number of rotatable bonds is 9. The normalized spacial score (nSPS) is 11.7. The lowest BCUT2D eigenvalue weighted by atomic mass is 10.0. The molecular formula is C29H30N2O4. The number of carbonyl (C=O) groups is 2. The number of nitrogens with one attached hydrogen (secondary N) is 1. The van der Waals surface area contributed by atoms with Gasteiger partial charge in [0.15, 0.2) is 5.78 Å². The number of hydrogen-bond acceptors (Lipinski definition) is 4. The molecule has 0 radical (unpaired) electrons. The molecule has 180 valence electrons. The number of aromatic carboxylic acids is 1. The van der Waals surface area contributed by atoms with Gasteiger partial charge in [0.1, 0.15) is 18.1 Å². The van der Waals surface area contributed by atoms with Crippen molar-refractivity contribution in [3.63, 3.8) is 0 Å². The van der Waals surface area contributed by atoms with Gasteiger partial charge in [0.2, 0.25) is 0 Å². The number of aromatic amines is 1. The Kier molecular flexibility index (Phi) is 7.03. The molecule has 1 aromatic heterocycles. The van der Waals surface area contributed by atoms with Crippen molar-refractivity contribution in [2.75, 3.05) is 6.54 Å². The van der Waals surface area contributed by atoms with Gasteiger partial charge in [-0.1, -0.05) is 60.7 Å². The van der Waals surface area contributed by atoms with Crippen LogP contribution in [-0.4, -0.2) is 38.8 Å². The lowest BCUT2D eigenvalue weighted by molar-refractivity contribution is 0.0691. The number of nitrogens with zero attached hydrogens (tertiary/aromatic N) is 1. The van der Waals surface area contributed by atoms with E-state index in [-0.39, 0.29) is 23.6 Å². The number of carboxylic acids is 1. The third kappa shape index (κ3) is 5.78. The number of carbonyl (C=O) groups excluding carboxylic acids is 1. The SMILES string of the molecule is CC(C)(C)N(CC(=O)c1ccc(OCc2ccccc2)c2[nH]c(C(=O)O)cc12)Cc1ccccc1. The van der Waals surface area contributed by atoms with Crippen molar-refractivity contribution < 1.29 is 19.4 Å². The molecule has 0 amide bonds. The van der Waals surface area contributed by atoms with Gasteiger partial charge in [-0.25, -0.2) is 4.79 Å². The van der Waals surface area contributed by atoms with Gasteiger partial charge in [0.25, 0.3) is 0 Å². The Morgan fingerprint density at radius 1 is 0.914 bits per heavy atom. The number of Topliss-reactive ketones (excluding diaryl/α,β-unsaturated/α-hetero) is 1. The highest BCUT2D eigenvalue weighted by molar-refractivity contribution is 6.11. The summed E-state index contributed by atoms with van der Waals surface area (Å²) in [6.45, 7) is 7.41. The highest BCUT2D eigenvalue weighted by Gasteiger charge is 2.26. The van der Waals surface area contributed by atoms with Crippen molar-refractivity contribution >= 4 is 22.7 Å². The van der Waals surface area contributed by atoms with E-state index in [1.54, 1.807) is 12.1 Å². The van der Waals surface area contributed by atoms with Crippen molar-refractivity contribution in [1.29, 1.82) is 0 Å². The number of fused-ring (bicyclic) bond motifs is 1. The summed E-state index contributed by atoms with van der Waals surface area (Å²) in [5, 5.41) is 10.1. The average molecular weight is 471 g/mol. The molecule has 0 saturated carbocycles. The van der Waals surface area contributed by atoms with Crippen molar-refractivity contribution in [2.45, 2.75) is 39.5 Å². The molecule has 0 atom stereocenters. The molecule has 3 aromatic carbocycles. The second-order valence-corrected chi connectivity index (χ2v) is 9.60. The van der Waals surface area contributed by atoms with Gasteiger partial charge in [-0.3, -0.25) is 9.69 Å². The summed E-state index contributed by atoms with van der Waals surface area (Å²) in [5.41, 5.74) is 2.87. The van der Waals surface area contributed by atoms with Crippen LogP contribution in [0.15, 0.2) is 78.9 Å². The molecule has 4 rings (SSSR count). The summed E-state index contributed by atoms with van der Waals surface area (Å²) in [6, 6.07) is 24.7. The molecule has 35 heavy (non-hydrogen) atoms. The van der Waals surface area contributed by atoms with Gasteiger partial charge >= 0.3 is 5.97 Å². The van der Waals surface area contributed by atoms with Gasteiger partial charge in [-0.15, -0.1) is 0 Å². The summed E-state index contributed by atoms with van der Waals surface area (Å²) in [6.07, 6.45) is 0. The zero-order valence-corrected chi connectivity index (χ0v) is 20.2. The fourth-order valence-electron chi connectivity index (χ4n) is 4.00. The highest BCUT2D eigenvalue weighted by Crippen LogP contribution is 2.31. The topological polar surface area (TPSA) is 82.6 Å². The first kappa shape index (κ1) is 24.2. The zero-order valence-electron chi connectivity index (χ0n) is 20.2. The second-order valence-electron chi connectivity index (χ2n) is 9.60. The Morgan fingerprint density at radius 3 is 2.14 bits per heavy atom. The number of benzene rings is 3. The van der Waals surface area contributed by atoms with Gasteiger partial charge in [0.05, 0.1) is 12.1 Å². The first-order valence-electron chi connectivity index (χ1n) is 11.6. The molecule has 6 heteroatoms. The highest BCUT2D eigenvalue weighted by atomic mass is 16.5. The number of aromatic nitrogens is 1. The molecular weight excluding hydrogens is 440 g/mol. The van der Waals surface area contributed by atoms with E-state index in [9.17, 15) is 14.7 Å². The molecule has 0 aliphatic heterocycles. The molecule has 0 fully saturated rings. The molecule has 0 bridgehead atoms. The number of ketones is 1. The van der Waals surface area contributed by atoms with Gasteiger partial charge in [-0.05, 0) is 50.1 Å². The van der Waals surface area contributed by atoms with Gasteiger partial charge < -0.3 is 14.8 Å². The smallest absolute Gasteiger partial charge is 0.352 e. The molecule has 0 spiro atoms. The molecule has 0 unspecified atom stereocenters. The monoisotopic (exact) mass is 470 g/mol. The van der Waals surface area contributed by atoms with Crippen molar-refractivity contribution in [1.82, 2.24) is 9.88 Å². The number of carboxylic acid groups (broad SMARTS) is 1. The van der Waals surface area contributed by atoms with Crippen molar-refractivity contribution in [3.8, 4) is 5.75 Å². The first-order chi connectivity index (χ1) is 16.7. The Hall–Kier alpha value is -3.90. The van der Waals surface area contributed by atoms with Gasteiger partial charge in [-0.2, -0.15) is 0 Å². The minimum atomic E-state index is -1.09. The van der Waals surface area contributed by atoms with E-state index in [1.165, 1.54) is 6.07 Å². The average Bonchev–Trinajstić information content (AvgIpc) is 3.29. The zero-order chi connectivity index (χ0) is 25.0. The van der Waals surface area contributed by atoms with Crippen LogP contribution in [-0.2, 0) is 13.2 Å². The maximum absolute atomic E-state index is 13.5. The molecule has 0 aliphatic carbocycles. The first-order valence-corrected chi connectivity index (χ1v) is 11.6. The predicted octanol–water partition coefficient (Wildman–Crippen LogP) is 5.93. The summed E-state index contributed by atoms with van der Waals surface area (Å²) in [4.78, 5) is 30.3. The summed E-state index contributed by atoms with van der Waals surface area (Å²) < 4.78 is 6.00. The van der Waals surface area contributed by atoms with E-state index >= 15 is 0 Å². The summed E-state index contributed by atoms with van der Waals surface area (Å²) in [5.74, 6) is -0.662. The van der Waals surface area contributed by atoms with Crippen LogP contribution in [0.1, 0.15) is 52.7 Å². The quantitative estimate of drug-likeness (QED) is 0.296. The lowest BCUT2D eigenvalue weighted by Gasteiger charge is -2.35. The van der Waals surface area contributed by atoms with Crippen LogP contribution in [0.3, 0.4) is 0 Å². The summed E-state index contributed by atoms with van der Waals surface area (Å²) >= 11 is 0. The van der Waals surface area contributed by atoms with E-state index < -0.39 is 5.97 Å². The second kappa shape index (κ2) is 10.2. The number of ether oxygens (including phenoxy) is 1. The predicted molar refractivity (Wildman–Crippen MR) is 137 cm³/mol. The third-order valence-corrected chi connectivity index (χ3v) is 6.02. The van der Waals surface area contributed by atoms with E-state index in [0.717, 1.165) is 11.1 Å².